The molecule has 1 aliphatic carbocycles. The minimum Gasteiger partial charge on any atom is -0.494 e. The Morgan fingerprint density at radius 2 is 1.81 bits per heavy atom. The first kappa shape index (κ1) is 24.0. The van der Waals surface area contributed by atoms with Gasteiger partial charge < -0.3 is 10.1 Å². The maximum Gasteiger partial charge on any atom is 0.241 e. The van der Waals surface area contributed by atoms with E-state index in [1.165, 1.54) is 30.5 Å². The van der Waals surface area contributed by atoms with E-state index >= 15 is 0 Å². The second-order valence-corrected chi connectivity index (χ2v) is 9.63. The first-order valence-corrected chi connectivity index (χ1v) is 12.7. The molecule has 2 aromatic rings. The number of carbonyl (C=O) groups excluding carboxylic acids is 1. The highest BCUT2D eigenvalue weighted by Crippen LogP contribution is 2.20. The summed E-state index contributed by atoms with van der Waals surface area (Å²) in [6.45, 7) is 2.87. The fourth-order valence-corrected chi connectivity index (χ4v) is 4.97. The normalized spacial score (nSPS) is 15.0. The summed E-state index contributed by atoms with van der Waals surface area (Å²) >= 11 is 0. The van der Waals surface area contributed by atoms with Gasteiger partial charge in [0.15, 0.2) is 0 Å². The third-order valence-electron chi connectivity index (χ3n) is 5.47. The molecular weight excluding hydrogens is 424 g/mol. The molecule has 0 radical (unpaired) electrons. The summed E-state index contributed by atoms with van der Waals surface area (Å²) in [5, 5.41) is 2.92. The number of nitrogens with one attached hydrogen (secondary N) is 2. The van der Waals surface area contributed by atoms with E-state index in [0.717, 1.165) is 24.8 Å². The number of ether oxygens (including phenoxy) is 1. The Balaban J connectivity index is 1.69. The molecule has 7 heteroatoms. The Labute approximate surface area is 191 Å². The molecule has 0 aliphatic heterocycles. The van der Waals surface area contributed by atoms with Gasteiger partial charge >= 0.3 is 0 Å². The van der Waals surface area contributed by atoms with E-state index in [0.29, 0.717) is 18.9 Å². The monoisotopic (exact) mass is 456 g/mol. The summed E-state index contributed by atoms with van der Waals surface area (Å²) in [6, 6.07) is 14.7. The number of sulfonamides is 1. The minimum absolute atomic E-state index is 0.0965. The smallest absolute Gasteiger partial charge is 0.241 e. The van der Waals surface area contributed by atoms with Crippen LogP contribution < -0.4 is 14.8 Å². The number of allylic oxidation sites excluding steroid dienone is 1. The number of carbonyl (C=O) groups is 1. The first-order valence-electron chi connectivity index (χ1n) is 11.2. The van der Waals surface area contributed by atoms with E-state index in [-0.39, 0.29) is 17.2 Å². The SMILES string of the molecule is CCOc1ccc(S(=O)(=O)N[C@@H](Cc2ccccc2)C(=O)NCCC2=CCCCC2)cc1. The van der Waals surface area contributed by atoms with Crippen molar-refractivity contribution in [2.75, 3.05) is 13.2 Å². The van der Waals surface area contributed by atoms with Gasteiger partial charge in [0.25, 0.3) is 0 Å². The Hall–Kier alpha value is -2.64. The fourth-order valence-electron chi connectivity index (χ4n) is 3.78. The molecular formula is C25H32N2O4S. The molecule has 0 unspecified atom stereocenters. The van der Waals surface area contributed by atoms with Crippen molar-refractivity contribution in [2.24, 2.45) is 0 Å². The Morgan fingerprint density at radius 3 is 2.47 bits per heavy atom. The van der Waals surface area contributed by atoms with Crippen molar-refractivity contribution in [1.29, 1.82) is 0 Å². The second-order valence-electron chi connectivity index (χ2n) is 7.92. The lowest BCUT2D eigenvalue weighted by atomic mass is 9.97. The van der Waals surface area contributed by atoms with Crippen molar-refractivity contribution in [3.8, 4) is 5.75 Å². The van der Waals surface area contributed by atoms with E-state index in [1.807, 2.05) is 37.3 Å². The van der Waals surface area contributed by atoms with Crippen LogP contribution in [0.5, 0.6) is 5.75 Å². The van der Waals surface area contributed by atoms with Gasteiger partial charge in [0.2, 0.25) is 15.9 Å². The summed E-state index contributed by atoms with van der Waals surface area (Å²) in [4.78, 5) is 13.1. The van der Waals surface area contributed by atoms with Crippen LogP contribution >= 0.6 is 0 Å². The maximum absolute atomic E-state index is 13.0. The Bertz CT molecular complexity index is 1000. The molecule has 2 N–H and O–H groups in total. The van der Waals surface area contributed by atoms with Crippen molar-refractivity contribution in [2.45, 2.75) is 56.4 Å². The number of hydrogen-bond donors (Lipinski definition) is 2. The van der Waals surface area contributed by atoms with Gasteiger partial charge in [-0.15, -0.1) is 0 Å². The average Bonchev–Trinajstić information content (AvgIpc) is 2.80. The molecule has 0 bridgehead atoms. The van der Waals surface area contributed by atoms with Crippen LogP contribution in [0.1, 0.15) is 44.6 Å². The predicted octanol–water partition coefficient (Wildman–Crippen LogP) is 3.98. The van der Waals surface area contributed by atoms with Gasteiger partial charge in [-0.2, -0.15) is 4.72 Å². The zero-order chi connectivity index (χ0) is 22.8. The average molecular weight is 457 g/mol. The highest BCUT2D eigenvalue weighted by molar-refractivity contribution is 7.89. The van der Waals surface area contributed by atoms with Gasteiger partial charge in [-0.1, -0.05) is 42.0 Å². The summed E-state index contributed by atoms with van der Waals surface area (Å²) in [6.07, 6.45) is 7.92. The zero-order valence-corrected chi connectivity index (χ0v) is 19.4. The summed E-state index contributed by atoms with van der Waals surface area (Å²) in [5.41, 5.74) is 2.25. The van der Waals surface area contributed by atoms with Crippen LogP contribution in [0.25, 0.3) is 0 Å². The number of hydrogen-bond acceptors (Lipinski definition) is 4. The van der Waals surface area contributed by atoms with Crippen LogP contribution in [-0.4, -0.2) is 33.5 Å². The minimum atomic E-state index is -3.88. The third kappa shape index (κ3) is 7.21. The standard InChI is InChI=1S/C25H32N2O4S/c1-2-31-22-13-15-23(16-14-22)32(29,30)27-24(19-21-11-7-4-8-12-21)25(28)26-18-17-20-9-5-3-6-10-20/h4,7-9,11-16,24,27H,2-3,5-6,10,17-19H2,1H3,(H,26,28)/t24-/m0/s1. The van der Waals surface area contributed by atoms with Gasteiger partial charge in [-0.25, -0.2) is 8.42 Å². The van der Waals surface area contributed by atoms with Gasteiger partial charge in [0, 0.05) is 6.54 Å². The van der Waals surface area contributed by atoms with Crippen molar-refractivity contribution in [1.82, 2.24) is 10.0 Å². The van der Waals surface area contributed by atoms with Crippen LogP contribution in [0.3, 0.4) is 0 Å². The third-order valence-corrected chi connectivity index (χ3v) is 6.96. The van der Waals surface area contributed by atoms with E-state index < -0.39 is 16.1 Å². The molecule has 3 rings (SSSR count). The van der Waals surface area contributed by atoms with Crippen LogP contribution in [0.15, 0.2) is 71.1 Å². The van der Waals surface area contributed by atoms with Crippen LogP contribution in [0.4, 0.5) is 0 Å². The van der Waals surface area contributed by atoms with Crippen molar-refractivity contribution < 1.29 is 17.9 Å². The largest absolute Gasteiger partial charge is 0.494 e. The second kappa shape index (κ2) is 11.8. The summed E-state index contributed by atoms with van der Waals surface area (Å²) in [7, 11) is -3.88. The first-order chi connectivity index (χ1) is 15.5. The molecule has 1 amide bonds. The molecule has 0 fully saturated rings. The molecule has 0 saturated carbocycles. The fraction of sp³-hybridized carbons (Fsp3) is 0.400. The summed E-state index contributed by atoms with van der Waals surface area (Å²) < 4.78 is 34.0. The molecule has 0 spiro atoms. The van der Waals surface area contributed by atoms with E-state index in [9.17, 15) is 13.2 Å². The quantitative estimate of drug-likeness (QED) is 0.501. The molecule has 172 valence electrons. The van der Waals surface area contributed by atoms with Gasteiger partial charge in [0.05, 0.1) is 11.5 Å². The van der Waals surface area contributed by atoms with Gasteiger partial charge in [0.1, 0.15) is 11.8 Å². The number of amides is 1. The van der Waals surface area contributed by atoms with Gasteiger partial charge in [-0.3, -0.25) is 4.79 Å². The van der Waals surface area contributed by atoms with Crippen LogP contribution in [0, 0.1) is 0 Å². The van der Waals surface area contributed by atoms with Crippen molar-refractivity contribution in [3.63, 3.8) is 0 Å². The molecule has 0 heterocycles. The van der Waals surface area contributed by atoms with Crippen molar-refractivity contribution >= 4 is 15.9 Å². The molecule has 0 aromatic heterocycles. The topological polar surface area (TPSA) is 84.5 Å². The molecule has 2 aromatic carbocycles. The highest BCUT2D eigenvalue weighted by Gasteiger charge is 2.26. The molecule has 32 heavy (non-hydrogen) atoms. The lowest BCUT2D eigenvalue weighted by Gasteiger charge is -2.20. The van der Waals surface area contributed by atoms with E-state index in [4.69, 9.17) is 4.74 Å². The number of rotatable bonds is 11. The lowest BCUT2D eigenvalue weighted by Crippen LogP contribution is -2.48. The lowest BCUT2D eigenvalue weighted by molar-refractivity contribution is -0.122. The Morgan fingerprint density at radius 1 is 1.06 bits per heavy atom. The highest BCUT2D eigenvalue weighted by atomic mass is 32.2. The van der Waals surface area contributed by atoms with E-state index in [2.05, 4.69) is 16.1 Å². The molecule has 0 saturated heterocycles. The van der Waals surface area contributed by atoms with Crippen LogP contribution in [-0.2, 0) is 21.2 Å². The Kier molecular flexibility index (Phi) is 8.88. The molecule has 1 aliphatic rings. The van der Waals surface area contributed by atoms with Crippen molar-refractivity contribution in [3.05, 3.63) is 71.8 Å². The zero-order valence-electron chi connectivity index (χ0n) is 18.5. The maximum atomic E-state index is 13.0. The van der Waals surface area contributed by atoms with Crippen LogP contribution in [0.2, 0.25) is 0 Å². The molecule has 1 atom stereocenters. The number of benzene rings is 2. The van der Waals surface area contributed by atoms with E-state index in [1.54, 1.807) is 12.1 Å². The summed E-state index contributed by atoms with van der Waals surface area (Å²) in [5.74, 6) is 0.279. The predicted molar refractivity (Wildman–Crippen MR) is 126 cm³/mol. The van der Waals surface area contributed by atoms with Gasteiger partial charge in [-0.05, 0) is 75.3 Å². The molecule has 6 nitrogen and oxygen atoms in total.